The average molecular weight is 540 g/mol. The number of anilines is 1. The van der Waals surface area contributed by atoms with E-state index in [1.807, 2.05) is 18.2 Å². The molecule has 1 saturated heterocycles. The molecule has 0 bridgehead atoms. The zero-order valence-corrected chi connectivity index (χ0v) is 23.9. The molecule has 1 heterocycles. The highest BCUT2D eigenvalue weighted by atomic mass is 16.5. The number of benzene rings is 2. The number of hydrogen-bond acceptors (Lipinski definition) is 9. The summed E-state index contributed by atoms with van der Waals surface area (Å²) in [4.78, 5) is 20.3. The van der Waals surface area contributed by atoms with Crippen LogP contribution < -0.4 is 25.4 Å². The van der Waals surface area contributed by atoms with Gasteiger partial charge < -0.3 is 30.1 Å². The van der Waals surface area contributed by atoms with Gasteiger partial charge in [-0.3, -0.25) is 9.69 Å². The molecule has 0 spiro atoms. The molecule has 1 aliphatic rings. The number of aliphatic imine (C=N–C) groups is 1. The summed E-state index contributed by atoms with van der Waals surface area (Å²) in [6.07, 6.45) is 0.859. The Morgan fingerprint density at radius 2 is 1.79 bits per heavy atom. The molecule has 3 rings (SSSR count). The highest BCUT2D eigenvalue weighted by molar-refractivity contribution is 6.68. The van der Waals surface area contributed by atoms with Crippen LogP contribution >= 0.6 is 0 Å². The van der Waals surface area contributed by atoms with Crippen LogP contribution in [0, 0.1) is 0 Å². The fourth-order valence-electron chi connectivity index (χ4n) is 4.13. The highest BCUT2D eigenvalue weighted by Gasteiger charge is 2.21. The lowest BCUT2D eigenvalue weighted by Crippen LogP contribution is -2.37. The SMILES string of the molecule is COc1ccc(OC)c(N=C(C)/C(=N\N)C(=O)Nc2cc(C(C)(C)C)ccc2OCCCN2CCOCC2)c1. The van der Waals surface area contributed by atoms with Gasteiger partial charge in [0, 0.05) is 25.7 Å². The van der Waals surface area contributed by atoms with Crippen molar-refractivity contribution in [3.8, 4) is 17.2 Å². The van der Waals surface area contributed by atoms with E-state index in [4.69, 9.17) is 24.8 Å². The van der Waals surface area contributed by atoms with Crippen molar-refractivity contribution < 1.29 is 23.7 Å². The zero-order valence-electron chi connectivity index (χ0n) is 23.9. The second-order valence-corrected chi connectivity index (χ2v) is 10.3. The van der Waals surface area contributed by atoms with E-state index in [9.17, 15) is 4.79 Å². The predicted octanol–water partition coefficient (Wildman–Crippen LogP) is 4.15. The molecule has 2 aromatic rings. The molecular formula is C29H41N5O5. The topological polar surface area (TPSA) is 120 Å². The van der Waals surface area contributed by atoms with Gasteiger partial charge in [0.2, 0.25) is 0 Å². The summed E-state index contributed by atoms with van der Waals surface area (Å²) >= 11 is 0. The summed E-state index contributed by atoms with van der Waals surface area (Å²) in [7, 11) is 3.11. The van der Waals surface area contributed by atoms with Gasteiger partial charge in [-0.1, -0.05) is 26.8 Å². The first-order valence-electron chi connectivity index (χ1n) is 13.1. The number of rotatable bonds is 11. The summed E-state index contributed by atoms with van der Waals surface area (Å²) in [5.74, 6) is 6.88. The molecule has 1 fully saturated rings. The molecule has 0 atom stereocenters. The monoisotopic (exact) mass is 539 g/mol. The van der Waals surface area contributed by atoms with Gasteiger partial charge in [-0.2, -0.15) is 5.10 Å². The fourth-order valence-corrected chi connectivity index (χ4v) is 4.13. The zero-order chi connectivity index (χ0) is 28.4. The van der Waals surface area contributed by atoms with Crippen LogP contribution in [-0.2, 0) is 14.9 Å². The van der Waals surface area contributed by atoms with E-state index in [2.05, 4.69) is 41.1 Å². The van der Waals surface area contributed by atoms with E-state index in [1.165, 1.54) is 0 Å². The van der Waals surface area contributed by atoms with E-state index in [0.29, 0.717) is 40.9 Å². The first kappa shape index (κ1) is 29.9. The van der Waals surface area contributed by atoms with Crippen LogP contribution in [0.15, 0.2) is 46.5 Å². The Hall–Kier alpha value is -3.63. The fraction of sp³-hybridized carbons (Fsp3) is 0.483. The minimum atomic E-state index is -0.496. The molecule has 2 aromatic carbocycles. The molecule has 3 N–H and O–H groups in total. The third kappa shape index (κ3) is 8.43. The van der Waals surface area contributed by atoms with Crippen molar-refractivity contribution in [3.05, 3.63) is 42.0 Å². The molecule has 0 unspecified atom stereocenters. The van der Waals surface area contributed by atoms with Crippen molar-refractivity contribution in [1.29, 1.82) is 0 Å². The Morgan fingerprint density at radius 1 is 1.08 bits per heavy atom. The largest absolute Gasteiger partial charge is 0.497 e. The van der Waals surface area contributed by atoms with E-state index >= 15 is 0 Å². The molecule has 0 saturated carbocycles. The van der Waals surface area contributed by atoms with Gasteiger partial charge in [-0.25, -0.2) is 4.99 Å². The van der Waals surface area contributed by atoms with Crippen LogP contribution in [0.1, 0.15) is 39.7 Å². The Morgan fingerprint density at radius 3 is 2.44 bits per heavy atom. The number of morpholine rings is 1. The van der Waals surface area contributed by atoms with Crippen LogP contribution in [0.3, 0.4) is 0 Å². The van der Waals surface area contributed by atoms with Gasteiger partial charge in [0.25, 0.3) is 5.91 Å². The average Bonchev–Trinajstić information content (AvgIpc) is 2.92. The number of nitrogens with zero attached hydrogens (tertiary/aromatic N) is 3. The van der Waals surface area contributed by atoms with Gasteiger partial charge >= 0.3 is 0 Å². The van der Waals surface area contributed by atoms with Crippen molar-refractivity contribution in [2.45, 2.75) is 39.5 Å². The quantitative estimate of drug-likeness (QED) is 0.191. The molecule has 10 nitrogen and oxygen atoms in total. The summed E-state index contributed by atoms with van der Waals surface area (Å²) in [6, 6.07) is 11.1. The Balaban J connectivity index is 1.79. The smallest absolute Gasteiger partial charge is 0.278 e. The minimum Gasteiger partial charge on any atom is -0.497 e. The van der Waals surface area contributed by atoms with Crippen LogP contribution in [-0.4, -0.2) is 75.9 Å². The number of hydrazone groups is 1. The summed E-state index contributed by atoms with van der Waals surface area (Å²) < 4.78 is 22.2. The molecule has 0 radical (unpaired) electrons. The molecule has 10 heteroatoms. The Kier molecular flexibility index (Phi) is 10.7. The van der Waals surface area contributed by atoms with Crippen molar-refractivity contribution in [1.82, 2.24) is 4.90 Å². The molecule has 0 aliphatic carbocycles. The van der Waals surface area contributed by atoms with Crippen molar-refractivity contribution in [3.63, 3.8) is 0 Å². The third-order valence-corrected chi connectivity index (χ3v) is 6.43. The van der Waals surface area contributed by atoms with Crippen LogP contribution in [0.2, 0.25) is 0 Å². The Bertz CT molecular complexity index is 1180. The first-order chi connectivity index (χ1) is 18.7. The molecule has 39 heavy (non-hydrogen) atoms. The van der Waals surface area contributed by atoms with Crippen molar-refractivity contribution in [2.75, 3.05) is 59.0 Å². The number of ether oxygens (including phenoxy) is 4. The minimum absolute atomic E-state index is 0.0145. The molecule has 0 aromatic heterocycles. The normalized spacial score (nSPS) is 15.1. The van der Waals surface area contributed by atoms with Crippen molar-refractivity contribution in [2.24, 2.45) is 15.9 Å². The van der Waals surface area contributed by atoms with E-state index in [0.717, 1.165) is 44.8 Å². The molecule has 212 valence electrons. The van der Waals surface area contributed by atoms with E-state index in [1.54, 1.807) is 39.3 Å². The standard InChI is InChI=1S/C29H41N5O5/c1-20(31-24-19-22(36-5)9-11-25(24)37-6)27(33-30)28(35)32-23-18-21(29(2,3)4)8-10-26(23)39-15-7-12-34-13-16-38-17-14-34/h8-11,18-19H,7,12-17,30H2,1-6H3,(H,32,35)/b31-20?,33-27+. The Labute approximate surface area is 231 Å². The van der Waals surface area contributed by atoms with Crippen LogP contribution in [0.5, 0.6) is 17.2 Å². The van der Waals surface area contributed by atoms with E-state index < -0.39 is 5.91 Å². The lowest BCUT2D eigenvalue weighted by molar-refractivity contribution is -0.110. The number of amides is 1. The molecular weight excluding hydrogens is 498 g/mol. The number of methoxy groups -OCH3 is 2. The summed E-state index contributed by atoms with van der Waals surface area (Å²) in [6.45, 7) is 12.9. The lowest BCUT2D eigenvalue weighted by Gasteiger charge is -2.26. The molecule has 1 aliphatic heterocycles. The number of nitrogens with one attached hydrogen (secondary N) is 1. The number of carbonyl (C=O) groups excluding carboxylic acids is 1. The number of hydrogen-bond donors (Lipinski definition) is 2. The lowest BCUT2D eigenvalue weighted by atomic mass is 9.87. The first-order valence-corrected chi connectivity index (χ1v) is 13.1. The van der Waals surface area contributed by atoms with Gasteiger partial charge in [-0.05, 0) is 48.6 Å². The van der Waals surface area contributed by atoms with E-state index in [-0.39, 0.29) is 11.1 Å². The van der Waals surface area contributed by atoms with Gasteiger partial charge in [-0.15, -0.1) is 0 Å². The summed E-state index contributed by atoms with van der Waals surface area (Å²) in [5, 5.41) is 6.70. The number of nitrogens with two attached hydrogens (primary N) is 1. The van der Waals surface area contributed by atoms with Crippen molar-refractivity contribution >= 4 is 28.7 Å². The second-order valence-electron chi connectivity index (χ2n) is 10.3. The molecule has 1 amide bonds. The second kappa shape index (κ2) is 14.0. The van der Waals surface area contributed by atoms with Crippen LogP contribution in [0.4, 0.5) is 11.4 Å². The summed E-state index contributed by atoms with van der Waals surface area (Å²) in [5.41, 5.74) is 2.27. The maximum Gasteiger partial charge on any atom is 0.278 e. The highest BCUT2D eigenvalue weighted by Crippen LogP contribution is 2.33. The predicted molar refractivity (Wildman–Crippen MR) is 155 cm³/mol. The van der Waals surface area contributed by atoms with Gasteiger partial charge in [0.1, 0.15) is 22.9 Å². The third-order valence-electron chi connectivity index (χ3n) is 6.43. The maximum atomic E-state index is 13.4. The maximum absolute atomic E-state index is 13.4. The number of carbonyl (C=O) groups is 1. The van der Waals surface area contributed by atoms with Crippen LogP contribution in [0.25, 0.3) is 0 Å². The van der Waals surface area contributed by atoms with Gasteiger partial charge in [0.05, 0.1) is 45.4 Å². The van der Waals surface area contributed by atoms with Gasteiger partial charge in [0.15, 0.2) is 5.71 Å².